The smallest absolute Gasteiger partial charge is 0.182 e. The summed E-state index contributed by atoms with van der Waals surface area (Å²) >= 11 is 6.18. The lowest BCUT2D eigenvalue weighted by molar-refractivity contribution is 0.260. The Morgan fingerprint density at radius 3 is 2.79 bits per heavy atom. The van der Waals surface area contributed by atoms with Crippen molar-refractivity contribution in [1.29, 1.82) is 5.26 Å². The first kappa shape index (κ1) is 15.6. The van der Waals surface area contributed by atoms with Gasteiger partial charge in [0.15, 0.2) is 17.6 Å². The highest BCUT2D eigenvalue weighted by Gasteiger charge is 2.14. The van der Waals surface area contributed by atoms with Gasteiger partial charge in [-0.3, -0.25) is 0 Å². The standard InChI is InChI=1S/C14H19ClN2O2/c1-4-5-17-9-11-6-12(15)14(13(7-11)18-3)19-10(2)8-16/h6-7,10,17H,4-5,9H2,1-3H3. The molecular weight excluding hydrogens is 264 g/mol. The average Bonchev–Trinajstić information content (AvgIpc) is 2.41. The molecule has 0 bridgehead atoms. The number of ether oxygens (including phenoxy) is 2. The number of halogens is 1. The van der Waals surface area contributed by atoms with Gasteiger partial charge in [0.25, 0.3) is 0 Å². The maximum Gasteiger partial charge on any atom is 0.182 e. The summed E-state index contributed by atoms with van der Waals surface area (Å²) in [5.74, 6) is 0.959. The molecule has 0 heterocycles. The monoisotopic (exact) mass is 282 g/mol. The summed E-state index contributed by atoms with van der Waals surface area (Å²) in [6, 6.07) is 5.69. The van der Waals surface area contributed by atoms with Crippen molar-refractivity contribution in [2.45, 2.75) is 32.9 Å². The molecule has 19 heavy (non-hydrogen) atoms. The van der Waals surface area contributed by atoms with Crippen LogP contribution in [-0.4, -0.2) is 19.8 Å². The molecular formula is C14H19ClN2O2. The molecule has 0 aliphatic carbocycles. The maximum absolute atomic E-state index is 8.78. The summed E-state index contributed by atoms with van der Waals surface area (Å²) in [5, 5.41) is 12.5. The fraction of sp³-hybridized carbons (Fsp3) is 0.500. The molecule has 1 rings (SSSR count). The Hall–Kier alpha value is -1.44. The lowest BCUT2D eigenvalue weighted by Crippen LogP contribution is -2.14. The minimum absolute atomic E-state index is 0.414. The van der Waals surface area contributed by atoms with Gasteiger partial charge in [-0.05, 0) is 37.6 Å². The number of hydrogen-bond acceptors (Lipinski definition) is 4. The van der Waals surface area contributed by atoms with Crippen molar-refractivity contribution < 1.29 is 9.47 Å². The van der Waals surface area contributed by atoms with Crippen LogP contribution in [0.4, 0.5) is 0 Å². The van der Waals surface area contributed by atoms with Crippen molar-refractivity contribution in [3.63, 3.8) is 0 Å². The van der Waals surface area contributed by atoms with Crippen LogP contribution >= 0.6 is 11.6 Å². The Morgan fingerprint density at radius 1 is 1.47 bits per heavy atom. The topological polar surface area (TPSA) is 54.3 Å². The van der Waals surface area contributed by atoms with Gasteiger partial charge in [-0.15, -0.1) is 0 Å². The predicted molar refractivity (Wildman–Crippen MR) is 75.7 cm³/mol. The van der Waals surface area contributed by atoms with Gasteiger partial charge in [-0.25, -0.2) is 0 Å². The first-order valence-electron chi connectivity index (χ1n) is 6.25. The fourth-order valence-electron chi connectivity index (χ4n) is 1.60. The molecule has 0 radical (unpaired) electrons. The van der Waals surface area contributed by atoms with Crippen LogP contribution in [0, 0.1) is 11.3 Å². The van der Waals surface area contributed by atoms with Crippen molar-refractivity contribution in [2.75, 3.05) is 13.7 Å². The van der Waals surface area contributed by atoms with Gasteiger partial charge in [0.1, 0.15) is 6.07 Å². The molecule has 0 saturated carbocycles. The Labute approximate surface area is 119 Å². The first-order chi connectivity index (χ1) is 9.12. The van der Waals surface area contributed by atoms with Crippen LogP contribution in [0.1, 0.15) is 25.8 Å². The van der Waals surface area contributed by atoms with Crippen LogP contribution in [-0.2, 0) is 6.54 Å². The van der Waals surface area contributed by atoms with Crippen molar-refractivity contribution in [2.24, 2.45) is 0 Å². The van der Waals surface area contributed by atoms with Gasteiger partial charge in [0.05, 0.1) is 12.1 Å². The molecule has 0 amide bonds. The summed E-state index contributed by atoms with van der Waals surface area (Å²) in [7, 11) is 1.55. The molecule has 1 aromatic carbocycles. The second-order valence-electron chi connectivity index (χ2n) is 4.17. The third kappa shape index (κ3) is 4.62. The second kappa shape index (κ2) is 7.88. The van der Waals surface area contributed by atoms with E-state index in [0.29, 0.717) is 16.5 Å². The minimum Gasteiger partial charge on any atom is -0.493 e. The zero-order valence-electron chi connectivity index (χ0n) is 11.5. The van der Waals surface area contributed by atoms with E-state index in [1.54, 1.807) is 14.0 Å². The summed E-state index contributed by atoms with van der Waals surface area (Å²) in [6.45, 7) is 5.44. The highest BCUT2D eigenvalue weighted by Crippen LogP contribution is 2.37. The summed E-state index contributed by atoms with van der Waals surface area (Å²) in [6.07, 6.45) is 0.502. The second-order valence-corrected chi connectivity index (χ2v) is 4.58. The largest absolute Gasteiger partial charge is 0.493 e. The number of nitrogens with zero attached hydrogens (tertiary/aromatic N) is 1. The third-order valence-corrected chi connectivity index (χ3v) is 2.80. The predicted octanol–water partition coefficient (Wildman–Crippen LogP) is 3.14. The van der Waals surface area contributed by atoms with Crippen molar-refractivity contribution in [1.82, 2.24) is 5.32 Å². The van der Waals surface area contributed by atoms with E-state index in [1.807, 2.05) is 18.2 Å². The van der Waals surface area contributed by atoms with E-state index >= 15 is 0 Å². The molecule has 1 atom stereocenters. The Kier molecular flexibility index (Phi) is 6.48. The Bertz CT molecular complexity index is 457. The third-order valence-electron chi connectivity index (χ3n) is 2.52. The molecule has 0 aromatic heterocycles. The van der Waals surface area contributed by atoms with E-state index in [2.05, 4.69) is 12.2 Å². The number of methoxy groups -OCH3 is 1. The van der Waals surface area contributed by atoms with E-state index in [1.165, 1.54) is 0 Å². The zero-order valence-corrected chi connectivity index (χ0v) is 12.3. The van der Waals surface area contributed by atoms with Crippen LogP contribution in [0.15, 0.2) is 12.1 Å². The van der Waals surface area contributed by atoms with E-state index in [4.69, 9.17) is 26.3 Å². The van der Waals surface area contributed by atoms with Gasteiger partial charge in [0.2, 0.25) is 0 Å². The minimum atomic E-state index is -0.574. The van der Waals surface area contributed by atoms with Crippen molar-refractivity contribution in [3.8, 4) is 17.6 Å². The van der Waals surface area contributed by atoms with Gasteiger partial charge in [-0.2, -0.15) is 5.26 Å². The lowest BCUT2D eigenvalue weighted by Gasteiger charge is -2.15. The van der Waals surface area contributed by atoms with Crippen molar-refractivity contribution in [3.05, 3.63) is 22.7 Å². The number of rotatable bonds is 7. The van der Waals surface area contributed by atoms with Crippen LogP contribution in [0.25, 0.3) is 0 Å². The van der Waals surface area contributed by atoms with Crippen LogP contribution in [0.3, 0.4) is 0 Å². The average molecular weight is 283 g/mol. The van der Waals surface area contributed by atoms with Gasteiger partial charge in [-0.1, -0.05) is 18.5 Å². The van der Waals surface area contributed by atoms with Crippen LogP contribution in [0.2, 0.25) is 5.02 Å². The fourth-order valence-corrected chi connectivity index (χ4v) is 1.88. The number of nitriles is 1. The molecule has 1 N–H and O–H groups in total. The Morgan fingerprint density at radius 2 is 2.21 bits per heavy atom. The normalized spacial score (nSPS) is 11.7. The molecule has 1 aromatic rings. The summed E-state index contributed by atoms with van der Waals surface area (Å²) in [4.78, 5) is 0. The molecule has 5 heteroatoms. The van der Waals surface area contributed by atoms with Crippen molar-refractivity contribution >= 4 is 11.6 Å². The zero-order chi connectivity index (χ0) is 14.3. The van der Waals surface area contributed by atoms with Crippen LogP contribution in [0.5, 0.6) is 11.5 Å². The molecule has 0 spiro atoms. The van der Waals surface area contributed by atoms with E-state index in [9.17, 15) is 0 Å². The van der Waals surface area contributed by atoms with E-state index in [-0.39, 0.29) is 0 Å². The van der Waals surface area contributed by atoms with Gasteiger partial charge >= 0.3 is 0 Å². The van der Waals surface area contributed by atoms with Crippen LogP contribution < -0.4 is 14.8 Å². The molecule has 104 valence electrons. The Balaban J connectivity index is 2.91. The number of nitrogens with one attached hydrogen (secondary N) is 1. The van der Waals surface area contributed by atoms with E-state index in [0.717, 1.165) is 25.1 Å². The summed E-state index contributed by atoms with van der Waals surface area (Å²) in [5.41, 5.74) is 1.02. The maximum atomic E-state index is 8.78. The van der Waals surface area contributed by atoms with Gasteiger partial charge in [0, 0.05) is 6.54 Å². The molecule has 4 nitrogen and oxygen atoms in total. The molecule has 0 fully saturated rings. The molecule has 0 aliphatic rings. The quantitative estimate of drug-likeness (QED) is 0.781. The summed E-state index contributed by atoms with van der Waals surface area (Å²) < 4.78 is 10.7. The highest BCUT2D eigenvalue weighted by atomic mass is 35.5. The van der Waals surface area contributed by atoms with Gasteiger partial charge < -0.3 is 14.8 Å². The molecule has 0 aliphatic heterocycles. The SMILES string of the molecule is CCCNCc1cc(Cl)c(OC(C)C#N)c(OC)c1. The molecule has 1 unspecified atom stereocenters. The lowest BCUT2D eigenvalue weighted by atomic mass is 10.2. The number of benzene rings is 1. The highest BCUT2D eigenvalue weighted by molar-refractivity contribution is 6.32. The number of hydrogen-bond donors (Lipinski definition) is 1. The van der Waals surface area contributed by atoms with E-state index < -0.39 is 6.10 Å². The first-order valence-corrected chi connectivity index (χ1v) is 6.63. The molecule has 0 saturated heterocycles.